The number of hydrogen-bond donors (Lipinski definition) is 2. The first-order chi connectivity index (χ1) is 13.1. The highest BCUT2D eigenvalue weighted by Crippen LogP contribution is 2.27. The number of hydrogen-bond acceptors (Lipinski definition) is 5. The van der Waals surface area contributed by atoms with Gasteiger partial charge in [0.2, 0.25) is 0 Å². The molecule has 0 amide bonds. The van der Waals surface area contributed by atoms with Gasteiger partial charge in [0, 0.05) is 19.0 Å². The van der Waals surface area contributed by atoms with Gasteiger partial charge < -0.3 is 20.1 Å². The van der Waals surface area contributed by atoms with Crippen molar-refractivity contribution in [2.45, 2.75) is 39.2 Å². The Morgan fingerprint density at radius 2 is 1.93 bits per heavy atom. The van der Waals surface area contributed by atoms with Crippen LogP contribution >= 0.6 is 35.3 Å². The molecule has 6 nitrogen and oxygen atoms in total. The molecule has 0 bridgehead atoms. The SMILES string of the molecule is CN=C(NCCCc1ccc(OC)c(OC)c1)NCc1nc(C(C)C)cs1.I. The van der Waals surface area contributed by atoms with Crippen LogP contribution in [0, 0.1) is 0 Å². The normalized spacial score (nSPS) is 11.1. The second-order valence-corrected chi connectivity index (χ2v) is 7.41. The van der Waals surface area contributed by atoms with Crippen LogP contribution in [-0.4, -0.2) is 38.8 Å². The molecule has 2 N–H and O–H groups in total. The minimum absolute atomic E-state index is 0. The number of thiazole rings is 1. The first-order valence-electron chi connectivity index (χ1n) is 9.17. The smallest absolute Gasteiger partial charge is 0.191 e. The molecule has 0 spiro atoms. The van der Waals surface area contributed by atoms with Crippen molar-refractivity contribution < 1.29 is 9.47 Å². The topological polar surface area (TPSA) is 67.8 Å². The third kappa shape index (κ3) is 7.46. The quantitative estimate of drug-likeness (QED) is 0.226. The van der Waals surface area contributed by atoms with E-state index in [9.17, 15) is 0 Å². The molecule has 156 valence electrons. The number of ether oxygens (including phenoxy) is 2. The van der Waals surface area contributed by atoms with E-state index in [1.165, 1.54) is 5.56 Å². The van der Waals surface area contributed by atoms with Gasteiger partial charge in [-0.05, 0) is 36.5 Å². The summed E-state index contributed by atoms with van der Waals surface area (Å²) in [6.07, 6.45) is 1.94. The fraction of sp³-hybridized carbons (Fsp3) is 0.500. The number of methoxy groups -OCH3 is 2. The van der Waals surface area contributed by atoms with Crippen molar-refractivity contribution in [1.82, 2.24) is 15.6 Å². The van der Waals surface area contributed by atoms with E-state index < -0.39 is 0 Å². The van der Waals surface area contributed by atoms with Crippen molar-refractivity contribution in [2.75, 3.05) is 27.8 Å². The molecule has 0 aliphatic rings. The average molecular weight is 518 g/mol. The van der Waals surface area contributed by atoms with Gasteiger partial charge >= 0.3 is 0 Å². The standard InChI is InChI=1S/C20H30N4O2S.HI/c1-14(2)16-13-27-19(24-16)12-23-20(21-3)22-10-6-7-15-8-9-17(25-4)18(11-15)26-5;/h8-9,11,13-14H,6-7,10,12H2,1-5H3,(H2,21,22,23);1H. The first kappa shape index (κ1) is 24.5. The lowest BCUT2D eigenvalue weighted by molar-refractivity contribution is 0.354. The summed E-state index contributed by atoms with van der Waals surface area (Å²) in [6, 6.07) is 6.05. The van der Waals surface area contributed by atoms with E-state index in [1.807, 2.05) is 12.1 Å². The minimum atomic E-state index is 0. The number of aryl methyl sites for hydroxylation is 1. The molecule has 0 saturated heterocycles. The van der Waals surface area contributed by atoms with Gasteiger partial charge in [0.1, 0.15) is 5.01 Å². The zero-order valence-electron chi connectivity index (χ0n) is 17.2. The van der Waals surface area contributed by atoms with Gasteiger partial charge in [0.15, 0.2) is 17.5 Å². The third-order valence-corrected chi connectivity index (χ3v) is 5.04. The summed E-state index contributed by atoms with van der Waals surface area (Å²) in [7, 11) is 5.09. The minimum Gasteiger partial charge on any atom is -0.493 e. The molecule has 1 heterocycles. The second kappa shape index (κ2) is 12.8. The summed E-state index contributed by atoms with van der Waals surface area (Å²) < 4.78 is 10.6. The molecule has 0 aliphatic heterocycles. The number of guanidine groups is 1. The van der Waals surface area contributed by atoms with Crippen LogP contribution < -0.4 is 20.1 Å². The molecule has 0 aliphatic carbocycles. The Hall–Kier alpha value is -1.55. The summed E-state index contributed by atoms with van der Waals surface area (Å²) in [5, 5.41) is 9.87. The molecule has 1 aromatic carbocycles. The molecule has 1 aromatic heterocycles. The highest BCUT2D eigenvalue weighted by atomic mass is 127. The van der Waals surface area contributed by atoms with Gasteiger partial charge in [-0.3, -0.25) is 4.99 Å². The highest BCUT2D eigenvalue weighted by Gasteiger charge is 2.07. The van der Waals surface area contributed by atoms with Crippen molar-refractivity contribution in [3.05, 3.63) is 39.8 Å². The highest BCUT2D eigenvalue weighted by molar-refractivity contribution is 14.0. The van der Waals surface area contributed by atoms with Gasteiger partial charge in [-0.1, -0.05) is 19.9 Å². The van der Waals surface area contributed by atoms with E-state index in [2.05, 4.69) is 45.9 Å². The van der Waals surface area contributed by atoms with Crippen molar-refractivity contribution >= 4 is 41.3 Å². The molecular formula is C20H31IN4O2S. The van der Waals surface area contributed by atoms with Crippen LogP contribution in [0.25, 0.3) is 0 Å². The van der Waals surface area contributed by atoms with Crippen LogP contribution in [-0.2, 0) is 13.0 Å². The number of aromatic nitrogens is 1. The molecule has 2 aromatic rings. The van der Waals surface area contributed by atoms with Crippen molar-refractivity contribution in [3.63, 3.8) is 0 Å². The van der Waals surface area contributed by atoms with Crippen LogP contribution in [0.2, 0.25) is 0 Å². The van der Waals surface area contributed by atoms with E-state index in [-0.39, 0.29) is 24.0 Å². The van der Waals surface area contributed by atoms with Crippen molar-refractivity contribution in [3.8, 4) is 11.5 Å². The summed E-state index contributed by atoms with van der Waals surface area (Å²) in [4.78, 5) is 8.91. The maximum atomic E-state index is 5.35. The fourth-order valence-electron chi connectivity index (χ4n) is 2.59. The number of halogens is 1. The molecule has 28 heavy (non-hydrogen) atoms. The largest absolute Gasteiger partial charge is 0.493 e. The Balaban J connectivity index is 0.00000392. The number of nitrogens with one attached hydrogen (secondary N) is 2. The Morgan fingerprint density at radius 1 is 1.18 bits per heavy atom. The first-order valence-corrected chi connectivity index (χ1v) is 10.0. The zero-order chi connectivity index (χ0) is 19.6. The average Bonchev–Trinajstić information content (AvgIpc) is 3.16. The van der Waals surface area contributed by atoms with E-state index in [0.29, 0.717) is 12.5 Å². The number of benzene rings is 1. The lowest BCUT2D eigenvalue weighted by Gasteiger charge is -2.12. The molecule has 0 atom stereocenters. The number of rotatable bonds is 9. The maximum absolute atomic E-state index is 5.35. The molecule has 0 radical (unpaired) electrons. The Kier molecular flexibility index (Phi) is 11.2. The molecule has 0 unspecified atom stereocenters. The van der Waals surface area contributed by atoms with Gasteiger partial charge in [-0.2, -0.15) is 0 Å². The molecular weight excluding hydrogens is 487 g/mol. The second-order valence-electron chi connectivity index (χ2n) is 6.47. The Bertz CT molecular complexity index is 750. The van der Waals surface area contributed by atoms with Gasteiger partial charge in [0.05, 0.1) is 26.5 Å². The summed E-state index contributed by atoms with van der Waals surface area (Å²) in [6.45, 7) is 5.84. The summed E-state index contributed by atoms with van der Waals surface area (Å²) >= 11 is 1.68. The van der Waals surface area contributed by atoms with Crippen LogP contribution in [0.5, 0.6) is 11.5 Å². The number of aliphatic imine (C=N–C) groups is 1. The Labute approximate surface area is 189 Å². The lowest BCUT2D eigenvalue weighted by atomic mass is 10.1. The van der Waals surface area contributed by atoms with E-state index in [4.69, 9.17) is 9.47 Å². The maximum Gasteiger partial charge on any atom is 0.191 e. The Morgan fingerprint density at radius 3 is 2.54 bits per heavy atom. The summed E-state index contributed by atoms with van der Waals surface area (Å²) in [5.74, 6) is 2.78. The van der Waals surface area contributed by atoms with E-state index in [1.54, 1.807) is 32.6 Å². The van der Waals surface area contributed by atoms with Gasteiger partial charge in [-0.15, -0.1) is 35.3 Å². The predicted octanol–water partition coefficient (Wildman–Crippen LogP) is 4.20. The molecule has 0 saturated carbocycles. The molecule has 8 heteroatoms. The van der Waals surface area contributed by atoms with E-state index in [0.717, 1.165) is 47.5 Å². The van der Waals surface area contributed by atoms with E-state index >= 15 is 0 Å². The van der Waals surface area contributed by atoms with Crippen molar-refractivity contribution in [1.29, 1.82) is 0 Å². The fourth-order valence-corrected chi connectivity index (χ4v) is 3.48. The van der Waals surface area contributed by atoms with Crippen LogP contribution in [0.4, 0.5) is 0 Å². The van der Waals surface area contributed by atoms with Gasteiger partial charge in [-0.25, -0.2) is 4.98 Å². The number of nitrogens with zero attached hydrogens (tertiary/aromatic N) is 2. The predicted molar refractivity (Wildman–Crippen MR) is 128 cm³/mol. The van der Waals surface area contributed by atoms with Crippen LogP contribution in [0.3, 0.4) is 0 Å². The third-order valence-electron chi connectivity index (χ3n) is 4.17. The van der Waals surface area contributed by atoms with Crippen LogP contribution in [0.15, 0.2) is 28.6 Å². The lowest BCUT2D eigenvalue weighted by Crippen LogP contribution is -2.37. The monoisotopic (exact) mass is 518 g/mol. The summed E-state index contributed by atoms with van der Waals surface area (Å²) in [5.41, 5.74) is 2.37. The van der Waals surface area contributed by atoms with Crippen molar-refractivity contribution in [2.24, 2.45) is 4.99 Å². The van der Waals surface area contributed by atoms with Crippen LogP contribution in [0.1, 0.15) is 42.5 Å². The van der Waals surface area contributed by atoms with Gasteiger partial charge in [0.25, 0.3) is 0 Å². The molecule has 0 fully saturated rings. The molecule has 2 rings (SSSR count). The zero-order valence-corrected chi connectivity index (χ0v) is 20.4.